The smallest absolute Gasteiger partial charge is 0.338 e. The Balaban J connectivity index is 0. The molecule has 42 heavy (non-hydrogen) atoms. The van der Waals surface area contributed by atoms with Crippen molar-refractivity contribution in [3.8, 4) is 0 Å². The summed E-state index contributed by atoms with van der Waals surface area (Å²) in [7, 11) is -2.55. The Bertz CT molecular complexity index is 1240. The van der Waals surface area contributed by atoms with Gasteiger partial charge in [-0.1, -0.05) is 23.4 Å². The zero-order valence-electron chi connectivity index (χ0n) is 22.6. The van der Waals surface area contributed by atoms with Crippen molar-refractivity contribution in [3.63, 3.8) is 0 Å². The predicted molar refractivity (Wildman–Crippen MR) is 176 cm³/mol. The van der Waals surface area contributed by atoms with Crippen molar-refractivity contribution in [2.24, 2.45) is 0 Å². The Morgan fingerprint density at radius 1 is 0.762 bits per heavy atom. The van der Waals surface area contributed by atoms with E-state index in [1.807, 2.05) is 0 Å². The predicted octanol–water partition coefficient (Wildman–Crippen LogP) is 3.06. The highest BCUT2D eigenvalue weighted by atomic mass is 79.9. The maximum atomic E-state index is 11.6. The third-order valence-corrected chi connectivity index (χ3v) is 8.94. The number of alkyl halides is 1. The summed E-state index contributed by atoms with van der Waals surface area (Å²) in [4.78, 5) is 21.9. The Labute approximate surface area is 266 Å². The van der Waals surface area contributed by atoms with Crippen molar-refractivity contribution in [2.75, 3.05) is 75.6 Å². The lowest BCUT2D eigenvalue weighted by Crippen LogP contribution is -2.15. The Kier molecular flexibility index (Phi) is 23.6. The number of aromatic carboxylic acids is 1. The van der Waals surface area contributed by atoms with E-state index in [1.165, 1.54) is 26.4 Å². The fourth-order valence-corrected chi connectivity index (χ4v) is 3.88. The molecule has 0 aliphatic carbocycles. The van der Waals surface area contributed by atoms with Gasteiger partial charge >= 0.3 is 11.9 Å². The highest BCUT2D eigenvalue weighted by molar-refractivity contribution is 9.09. The third kappa shape index (κ3) is 21.7. The molecule has 0 spiro atoms. The standard InChI is InChI=1S/C12H17NO5S2.C7H7NO2.C5H11BrO3S2.CH4/c1-16-20(15,19)9-8-17-6-7-18-12(14)10-2-4-11(13)5-3-10;8-6-3-1-5(2-4-6)7(9)10;1-8-11(7,10)5-4-9-3-2-6;/h2-5H,6-9,13H2,1H3;1-4H,8H2,(H,9,10);2-5H2,1H3;1H4. The van der Waals surface area contributed by atoms with Crippen molar-refractivity contribution < 1.29 is 45.7 Å². The van der Waals surface area contributed by atoms with E-state index in [1.54, 1.807) is 36.4 Å². The fraction of sp³-hybridized carbons (Fsp3) is 0.440. The van der Waals surface area contributed by atoms with E-state index in [-0.39, 0.29) is 44.3 Å². The molecule has 2 unspecified atom stereocenters. The average molecular weight is 736 g/mol. The minimum atomic E-state index is -2.68. The molecule has 2 rings (SSSR count). The molecule has 2 aromatic carbocycles. The Morgan fingerprint density at radius 3 is 1.55 bits per heavy atom. The molecule has 0 amide bonds. The van der Waals surface area contributed by atoms with Crippen LogP contribution in [-0.4, -0.2) is 89.6 Å². The lowest BCUT2D eigenvalue weighted by Gasteiger charge is -2.07. The van der Waals surface area contributed by atoms with E-state index in [0.29, 0.717) is 30.2 Å². The molecule has 0 aromatic heterocycles. The van der Waals surface area contributed by atoms with E-state index in [2.05, 4.69) is 46.7 Å². The molecule has 5 N–H and O–H groups in total. The van der Waals surface area contributed by atoms with Gasteiger partial charge in [-0.25, -0.2) is 18.0 Å². The molecular weight excluding hydrogens is 696 g/mol. The van der Waals surface area contributed by atoms with E-state index >= 15 is 0 Å². The molecule has 0 radical (unpaired) electrons. The quantitative estimate of drug-likeness (QED) is 0.105. The molecule has 0 heterocycles. The van der Waals surface area contributed by atoms with Crippen LogP contribution in [0.3, 0.4) is 0 Å². The van der Waals surface area contributed by atoms with Gasteiger partial charge in [-0.2, -0.15) is 0 Å². The number of carboxylic acids is 1. The molecule has 0 aliphatic heterocycles. The summed E-state index contributed by atoms with van der Waals surface area (Å²) >= 11 is 12.5. The summed E-state index contributed by atoms with van der Waals surface area (Å²) in [6, 6.07) is 12.5. The molecule has 17 heteroatoms. The summed E-state index contributed by atoms with van der Waals surface area (Å²) in [6.07, 6.45) is 0. The maximum absolute atomic E-state index is 11.6. The second kappa shape index (κ2) is 23.5. The fourth-order valence-electron chi connectivity index (χ4n) is 2.27. The van der Waals surface area contributed by atoms with Crippen LogP contribution in [0.25, 0.3) is 0 Å². The second-order valence-electron chi connectivity index (χ2n) is 7.46. The number of carbonyl (C=O) groups excluding carboxylic acids is 1. The molecule has 0 saturated carbocycles. The number of ether oxygens (including phenoxy) is 3. The molecule has 2 atom stereocenters. The minimum Gasteiger partial charge on any atom is -0.478 e. The molecular formula is C25H39BrN2O10S4. The first kappa shape index (κ1) is 42.2. The minimum absolute atomic E-state index is 0. The summed E-state index contributed by atoms with van der Waals surface area (Å²) in [5.41, 5.74) is 12.7. The molecule has 0 saturated heterocycles. The van der Waals surface area contributed by atoms with E-state index in [0.717, 1.165) is 5.33 Å². The summed E-state index contributed by atoms with van der Waals surface area (Å²) in [5.74, 6) is -0.964. The van der Waals surface area contributed by atoms with Crippen LogP contribution in [-0.2, 0) is 62.5 Å². The maximum Gasteiger partial charge on any atom is 0.338 e. The van der Waals surface area contributed by atoms with Crippen LogP contribution < -0.4 is 11.5 Å². The van der Waals surface area contributed by atoms with Crippen molar-refractivity contribution in [1.82, 2.24) is 0 Å². The van der Waals surface area contributed by atoms with Gasteiger partial charge in [-0.05, 0) is 48.5 Å². The number of hydrogen-bond donors (Lipinski definition) is 3. The van der Waals surface area contributed by atoms with Gasteiger partial charge in [-0.3, -0.25) is 8.37 Å². The molecule has 0 aliphatic rings. The number of nitrogen functional groups attached to an aromatic ring is 2. The van der Waals surface area contributed by atoms with Gasteiger partial charge < -0.3 is 30.8 Å². The lowest BCUT2D eigenvalue weighted by molar-refractivity contribution is 0.0337. The number of halogens is 1. The SMILES string of the molecule is C.COS(=O)(=S)CCOCCBr.COS(=O)(=S)CCOCCOC(=O)c1ccc(N)cc1.Nc1ccc(C(=O)O)cc1. The van der Waals surface area contributed by atoms with Crippen LogP contribution in [0.2, 0.25) is 0 Å². The van der Waals surface area contributed by atoms with Crippen molar-refractivity contribution >= 4 is 79.2 Å². The van der Waals surface area contributed by atoms with Gasteiger partial charge in [0, 0.05) is 39.1 Å². The number of carbonyl (C=O) groups is 2. The number of hydrogen-bond acceptors (Lipinski definition) is 13. The zero-order valence-corrected chi connectivity index (χ0v) is 27.4. The third-order valence-electron chi connectivity index (χ3n) is 4.45. The van der Waals surface area contributed by atoms with E-state index in [9.17, 15) is 18.0 Å². The number of carboxylic acid groups (broad SMARTS) is 1. The van der Waals surface area contributed by atoms with Crippen LogP contribution in [0.1, 0.15) is 28.1 Å². The first-order valence-corrected chi connectivity index (χ1v) is 17.9. The second-order valence-corrected chi connectivity index (χ2v) is 15.0. The van der Waals surface area contributed by atoms with Crippen molar-refractivity contribution in [2.45, 2.75) is 7.43 Å². The molecule has 0 fully saturated rings. The van der Waals surface area contributed by atoms with Crippen molar-refractivity contribution in [1.29, 1.82) is 0 Å². The highest BCUT2D eigenvalue weighted by Gasteiger charge is 2.07. The normalized spacial score (nSPS) is 12.9. The van der Waals surface area contributed by atoms with Crippen LogP contribution >= 0.6 is 15.9 Å². The number of anilines is 2. The van der Waals surface area contributed by atoms with Gasteiger partial charge in [0.05, 0.1) is 63.3 Å². The van der Waals surface area contributed by atoms with Gasteiger partial charge in [0.15, 0.2) is 0 Å². The summed E-state index contributed by atoms with van der Waals surface area (Å²) in [6.45, 7) is 1.50. The number of benzene rings is 2. The summed E-state index contributed by atoms with van der Waals surface area (Å²) < 4.78 is 46.7. The Hall–Kier alpha value is -1.96. The first-order valence-electron chi connectivity index (χ1n) is 11.7. The number of esters is 1. The largest absolute Gasteiger partial charge is 0.478 e. The van der Waals surface area contributed by atoms with Gasteiger partial charge in [-0.15, -0.1) is 0 Å². The Morgan fingerprint density at radius 2 is 1.17 bits per heavy atom. The van der Waals surface area contributed by atoms with Gasteiger partial charge in [0.1, 0.15) is 24.2 Å². The molecule has 12 nitrogen and oxygen atoms in total. The summed E-state index contributed by atoms with van der Waals surface area (Å²) in [5, 5.41) is 9.21. The average Bonchev–Trinajstić information content (AvgIpc) is 2.94. The molecule has 2 aromatic rings. The topological polar surface area (TPSA) is 187 Å². The highest BCUT2D eigenvalue weighted by Crippen LogP contribution is 2.07. The monoisotopic (exact) mass is 734 g/mol. The first-order chi connectivity index (χ1) is 19.3. The van der Waals surface area contributed by atoms with Crippen LogP contribution in [0, 0.1) is 0 Å². The van der Waals surface area contributed by atoms with Gasteiger partial charge in [0.2, 0.25) is 0 Å². The van der Waals surface area contributed by atoms with Crippen LogP contribution in [0.15, 0.2) is 48.5 Å². The number of rotatable bonds is 15. The van der Waals surface area contributed by atoms with Crippen LogP contribution in [0.4, 0.5) is 11.4 Å². The van der Waals surface area contributed by atoms with Gasteiger partial charge in [0.25, 0.3) is 0 Å². The van der Waals surface area contributed by atoms with E-state index in [4.69, 9.17) is 30.8 Å². The lowest BCUT2D eigenvalue weighted by atomic mass is 10.2. The zero-order chi connectivity index (χ0) is 31.3. The number of nitrogens with two attached hydrogens (primary N) is 2. The molecule has 240 valence electrons. The van der Waals surface area contributed by atoms with Crippen molar-refractivity contribution in [3.05, 3.63) is 59.7 Å². The van der Waals surface area contributed by atoms with E-state index < -0.39 is 29.5 Å². The van der Waals surface area contributed by atoms with Crippen LogP contribution in [0.5, 0.6) is 0 Å². The molecule has 0 bridgehead atoms.